The Labute approximate surface area is 100 Å². The number of carbonyl (C=O) groups is 2. The number of piperazine rings is 1. The van der Waals surface area contributed by atoms with E-state index in [-0.39, 0.29) is 5.97 Å². The van der Waals surface area contributed by atoms with Gasteiger partial charge < -0.3 is 14.4 Å². The Hall–Kier alpha value is -1.14. The fraction of sp³-hybridized carbons (Fsp3) is 0.818. The summed E-state index contributed by atoms with van der Waals surface area (Å²) in [6.07, 6.45) is 0.875. The Morgan fingerprint density at radius 3 is 2.41 bits per heavy atom. The first-order valence-electron chi connectivity index (χ1n) is 5.78. The van der Waals surface area contributed by atoms with Crippen molar-refractivity contribution in [1.82, 2.24) is 9.80 Å². The largest absolute Gasteiger partial charge is 0.468 e. The molecule has 2 saturated heterocycles. The van der Waals surface area contributed by atoms with Crippen molar-refractivity contribution in [3.8, 4) is 0 Å². The molecule has 0 saturated carbocycles. The lowest BCUT2D eigenvalue weighted by Crippen LogP contribution is -2.59. The van der Waals surface area contributed by atoms with Crippen molar-refractivity contribution in [3.63, 3.8) is 0 Å². The minimum atomic E-state index is -0.488. The van der Waals surface area contributed by atoms with Gasteiger partial charge in [-0.25, -0.2) is 0 Å². The van der Waals surface area contributed by atoms with Gasteiger partial charge in [-0.15, -0.1) is 0 Å². The maximum atomic E-state index is 11.7. The first kappa shape index (κ1) is 12.3. The molecule has 2 aliphatic heterocycles. The van der Waals surface area contributed by atoms with Gasteiger partial charge in [0.25, 0.3) is 0 Å². The Bertz CT molecular complexity index is 296. The van der Waals surface area contributed by atoms with Crippen LogP contribution >= 0.6 is 0 Å². The van der Waals surface area contributed by atoms with E-state index >= 15 is 0 Å². The van der Waals surface area contributed by atoms with Crippen LogP contribution in [0, 0.1) is 5.41 Å². The van der Waals surface area contributed by atoms with E-state index in [1.807, 2.05) is 0 Å². The third-order valence-electron chi connectivity index (χ3n) is 3.46. The topological polar surface area (TPSA) is 59.1 Å². The van der Waals surface area contributed by atoms with E-state index in [1.54, 1.807) is 4.90 Å². The smallest absolute Gasteiger partial charge is 0.317 e. The number of ether oxygens (including phenoxy) is 2. The minimum Gasteiger partial charge on any atom is -0.468 e. The summed E-state index contributed by atoms with van der Waals surface area (Å²) in [4.78, 5) is 26.2. The predicted molar refractivity (Wildman–Crippen MR) is 59.3 cm³/mol. The highest BCUT2D eigenvalue weighted by molar-refractivity contribution is 5.78. The van der Waals surface area contributed by atoms with Crippen molar-refractivity contribution in [2.75, 3.05) is 53.0 Å². The molecule has 2 aliphatic rings. The van der Waals surface area contributed by atoms with E-state index in [2.05, 4.69) is 4.90 Å². The summed E-state index contributed by atoms with van der Waals surface area (Å²) < 4.78 is 9.98. The van der Waals surface area contributed by atoms with Crippen LogP contribution in [0.15, 0.2) is 0 Å². The van der Waals surface area contributed by atoms with Crippen molar-refractivity contribution in [1.29, 1.82) is 0 Å². The third-order valence-corrected chi connectivity index (χ3v) is 3.46. The van der Waals surface area contributed by atoms with Crippen LogP contribution in [0.1, 0.15) is 0 Å². The molecule has 0 N–H and O–H groups in total. The molecular weight excluding hydrogens is 224 g/mol. The fourth-order valence-electron chi connectivity index (χ4n) is 2.29. The van der Waals surface area contributed by atoms with E-state index in [0.29, 0.717) is 19.8 Å². The molecule has 0 bridgehead atoms. The highest BCUT2D eigenvalue weighted by Gasteiger charge is 2.48. The van der Waals surface area contributed by atoms with E-state index < -0.39 is 5.41 Å². The quantitative estimate of drug-likeness (QED) is 0.465. The molecule has 0 aromatic heterocycles. The second-order valence-electron chi connectivity index (χ2n) is 4.68. The van der Waals surface area contributed by atoms with Gasteiger partial charge in [0.1, 0.15) is 5.41 Å². The number of hydrogen-bond donors (Lipinski definition) is 0. The summed E-state index contributed by atoms with van der Waals surface area (Å²) >= 11 is 0. The maximum absolute atomic E-state index is 11.7. The molecule has 96 valence electrons. The van der Waals surface area contributed by atoms with Gasteiger partial charge in [0, 0.05) is 32.7 Å². The van der Waals surface area contributed by atoms with E-state index in [1.165, 1.54) is 7.11 Å². The number of methoxy groups -OCH3 is 1. The van der Waals surface area contributed by atoms with Gasteiger partial charge in [-0.1, -0.05) is 0 Å². The highest BCUT2D eigenvalue weighted by atomic mass is 16.5. The molecule has 6 heteroatoms. The average Bonchev–Trinajstić information content (AvgIpc) is 2.33. The molecule has 0 aliphatic carbocycles. The van der Waals surface area contributed by atoms with Crippen LogP contribution in [0.3, 0.4) is 0 Å². The number of amides is 1. The molecule has 0 atom stereocenters. The summed E-state index contributed by atoms with van der Waals surface area (Å²) in [7, 11) is 1.41. The normalized spacial score (nSPS) is 23.9. The van der Waals surface area contributed by atoms with Crippen LogP contribution in [0.5, 0.6) is 0 Å². The summed E-state index contributed by atoms with van der Waals surface area (Å²) in [6, 6.07) is 0. The second-order valence-corrected chi connectivity index (χ2v) is 4.68. The minimum absolute atomic E-state index is 0.193. The highest BCUT2D eigenvalue weighted by Crippen LogP contribution is 2.30. The zero-order chi connectivity index (χ0) is 12.3. The molecule has 2 heterocycles. The predicted octanol–water partition coefficient (Wildman–Crippen LogP) is -1.05. The Morgan fingerprint density at radius 1 is 1.35 bits per heavy atom. The average molecular weight is 242 g/mol. The molecule has 1 amide bonds. The van der Waals surface area contributed by atoms with Gasteiger partial charge >= 0.3 is 5.97 Å². The monoisotopic (exact) mass is 242 g/mol. The van der Waals surface area contributed by atoms with E-state index in [4.69, 9.17) is 9.47 Å². The van der Waals surface area contributed by atoms with Crippen molar-refractivity contribution in [2.24, 2.45) is 5.41 Å². The standard InChI is InChI=1S/C11H18N2O4/c1-16-10(15)11(7-17-8-11)6-12-2-4-13(9-14)5-3-12/h9H,2-8H2,1H3. The van der Waals surface area contributed by atoms with Crippen LogP contribution in [-0.2, 0) is 19.1 Å². The molecule has 0 spiro atoms. The Morgan fingerprint density at radius 2 is 2.00 bits per heavy atom. The van der Waals surface area contributed by atoms with Gasteiger partial charge in [0.05, 0.1) is 20.3 Å². The van der Waals surface area contributed by atoms with Gasteiger partial charge in [-0.2, -0.15) is 0 Å². The first-order valence-corrected chi connectivity index (χ1v) is 5.78. The second kappa shape index (κ2) is 5.01. The van der Waals surface area contributed by atoms with Crippen molar-refractivity contribution < 1.29 is 19.1 Å². The summed E-state index contributed by atoms with van der Waals surface area (Å²) in [5.74, 6) is -0.193. The van der Waals surface area contributed by atoms with Crippen molar-refractivity contribution >= 4 is 12.4 Å². The number of nitrogens with zero attached hydrogens (tertiary/aromatic N) is 2. The SMILES string of the molecule is COC(=O)C1(CN2CCN(C=O)CC2)COC1. The third kappa shape index (κ3) is 2.42. The van der Waals surface area contributed by atoms with Crippen LogP contribution in [0.25, 0.3) is 0 Å². The van der Waals surface area contributed by atoms with Crippen molar-refractivity contribution in [2.45, 2.75) is 0 Å². The molecule has 2 fully saturated rings. The lowest BCUT2D eigenvalue weighted by atomic mass is 9.85. The number of esters is 1. The van der Waals surface area contributed by atoms with Gasteiger partial charge in [-0.3, -0.25) is 14.5 Å². The maximum Gasteiger partial charge on any atom is 0.317 e. The molecular formula is C11H18N2O4. The Balaban J connectivity index is 1.88. The number of carbonyl (C=O) groups excluding carboxylic acids is 2. The fourth-order valence-corrected chi connectivity index (χ4v) is 2.29. The van der Waals surface area contributed by atoms with E-state index in [0.717, 1.165) is 32.6 Å². The molecule has 6 nitrogen and oxygen atoms in total. The molecule has 17 heavy (non-hydrogen) atoms. The van der Waals surface area contributed by atoms with Gasteiger partial charge in [0.2, 0.25) is 6.41 Å². The van der Waals surface area contributed by atoms with Gasteiger partial charge in [0.15, 0.2) is 0 Å². The number of rotatable bonds is 4. The molecule has 0 unspecified atom stereocenters. The summed E-state index contributed by atoms with van der Waals surface area (Å²) in [5.41, 5.74) is -0.488. The molecule has 0 aromatic carbocycles. The number of hydrogen-bond acceptors (Lipinski definition) is 5. The first-order chi connectivity index (χ1) is 8.20. The van der Waals surface area contributed by atoms with E-state index in [9.17, 15) is 9.59 Å². The van der Waals surface area contributed by atoms with Crippen LogP contribution in [0.4, 0.5) is 0 Å². The van der Waals surface area contributed by atoms with Crippen LogP contribution in [0.2, 0.25) is 0 Å². The summed E-state index contributed by atoms with van der Waals surface area (Å²) in [5, 5.41) is 0. The molecule has 0 aromatic rings. The van der Waals surface area contributed by atoms with Crippen LogP contribution < -0.4 is 0 Å². The zero-order valence-electron chi connectivity index (χ0n) is 10.1. The molecule has 0 radical (unpaired) electrons. The summed E-state index contributed by atoms with van der Waals surface area (Å²) in [6.45, 7) is 4.59. The molecule has 2 rings (SSSR count). The Kier molecular flexibility index (Phi) is 3.63. The zero-order valence-corrected chi connectivity index (χ0v) is 10.1. The van der Waals surface area contributed by atoms with Crippen molar-refractivity contribution in [3.05, 3.63) is 0 Å². The lowest BCUT2D eigenvalue weighted by Gasteiger charge is -2.43. The van der Waals surface area contributed by atoms with Gasteiger partial charge in [-0.05, 0) is 0 Å². The van der Waals surface area contributed by atoms with Crippen LogP contribution in [-0.4, -0.2) is 75.2 Å². The lowest BCUT2D eigenvalue weighted by molar-refractivity contribution is -0.187.